The zero-order valence-corrected chi connectivity index (χ0v) is 9.77. The second-order valence-corrected chi connectivity index (χ2v) is 4.02. The highest BCUT2D eigenvalue weighted by Gasteiger charge is 2.12. The molecule has 1 heterocycles. The summed E-state index contributed by atoms with van der Waals surface area (Å²) in [4.78, 5) is 18.9. The number of carbonyl (C=O) groups is 1. The largest absolute Gasteiger partial charge is 0.480 e. The van der Waals surface area contributed by atoms with E-state index in [1.165, 1.54) is 6.33 Å². The first-order chi connectivity index (χ1) is 8.08. The van der Waals surface area contributed by atoms with Gasteiger partial charge in [0.05, 0.1) is 5.52 Å². The van der Waals surface area contributed by atoms with E-state index in [-0.39, 0.29) is 0 Å². The van der Waals surface area contributed by atoms with E-state index >= 15 is 0 Å². The van der Waals surface area contributed by atoms with Crippen molar-refractivity contribution in [3.8, 4) is 0 Å². The molecule has 1 aromatic carbocycles. The summed E-state index contributed by atoms with van der Waals surface area (Å²) < 4.78 is 0. The molecule has 0 aliphatic rings. The molecule has 2 N–H and O–H groups in total. The van der Waals surface area contributed by atoms with Gasteiger partial charge in [-0.05, 0) is 25.1 Å². The number of halogens is 1. The normalized spacial score (nSPS) is 12.4. The maximum Gasteiger partial charge on any atom is 0.325 e. The number of fused-ring (bicyclic) bond motifs is 1. The van der Waals surface area contributed by atoms with Crippen LogP contribution < -0.4 is 5.32 Å². The minimum Gasteiger partial charge on any atom is -0.480 e. The SMILES string of the molecule is CC(Nc1ncnc2cc(Cl)ccc12)C(=O)O. The van der Waals surface area contributed by atoms with Gasteiger partial charge in [0.1, 0.15) is 18.2 Å². The van der Waals surface area contributed by atoms with Gasteiger partial charge in [0.25, 0.3) is 0 Å². The number of hydrogen-bond acceptors (Lipinski definition) is 4. The molecule has 6 heteroatoms. The molecule has 2 rings (SSSR count). The number of aromatic nitrogens is 2. The molecular formula is C11H10ClN3O2. The highest BCUT2D eigenvalue weighted by molar-refractivity contribution is 6.31. The quantitative estimate of drug-likeness (QED) is 0.874. The van der Waals surface area contributed by atoms with Gasteiger partial charge < -0.3 is 10.4 Å². The van der Waals surface area contributed by atoms with E-state index in [0.29, 0.717) is 16.4 Å². The van der Waals surface area contributed by atoms with Gasteiger partial charge in [0.2, 0.25) is 0 Å². The lowest BCUT2D eigenvalue weighted by Crippen LogP contribution is -2.26. The van der Waals surface area contributed by atoms with E-state index in [0.717, 1.165) is 5.39 Å². The Morgan fingerprint density at radius 1 is 1.47 bits per heavy atom. The summed E-state index contributed by atoms with van der Waals surface area (Å²) in [6.45, 7) is 1.55. The van der Waals surface area contributed by atoms with Crippen molar-refractivity contribution in [1.29, 1.82) is 0 Å². The Kier molecular flexibility index (Phi) is 3.10. The first kappa shape index (κ1) is 11.6. The van der Waals surface area contributed by atoms with Crippen LogP contribution in [0.4, 0.5) is 5.82 Å². The van der Waals surface area contributed by atoms with E-state index in [1.54, 1.807) is 25.1 Å². The van der Waals surface area contributed by atoms with Gasteiger partial charge in [0.15, 0.2) is 0 Å². The lowest BCUT2D eigenvalue weighted by atomic mass is 10.2. The van der Waals surface area contributed by atoms with Crippen LogP contribution in [0.5, 0.6) is 0 Å². The number of carboxylic acids is 1. The molecule has 1 unspecified atom stereocenters. The molecule has 1 atom stereocenters. The first-order valence-corrected chi connectivity index (χ1v) is 5.35. The third-order valence-corrected chi connectivity index (χ3v) is 2.56. The summed E-state index contributed by atoms with van der Waals surface area (Å²) >= 11 is 5.85. The van der Waals surface area contributed by atoms with Crippen molar-refractivity contribution >= 4 is 34.3 Å². The topological polar surface area (TPSA) is 75.1 Å². The zero-order chi connectivity index (χ0) is 12.4. The van der Waals surface area contributed by atoms with Crippen molar-refractivity contribution in [1.82, 2.24) is 9.97 Å². The third kappa shape index (κ3) is 2.45. The molecule has 0 bridgehead atoms. The van der Waals surface area contributed by atoms with Crippen molar-refractivity contribution in [2.45, 2.75) is 13.0 Å². The van der Waals surface area contributed by atoms with Crippen LogP contribution in [-0.2, 0) is 4.79 Å². The lowest BCUT2D eigenvalue weighted by molar-refractivity contribution is -0.137. The molecule has 0 amide bonds. The number of anilines is 1. The Morgan fingerprint density at radius 2 is 2.24 bits per heavy atom. The smallest absolute Gasteiger partial charge is 0.325 e. The van der Waals surface area contributed by atoms with Crippen LogP contribution in [0.15, 0.2) is 24.5 Å². The fourth-order valence-corrected chi connectivity index (χ4v) is 1.58. The van der Waals surface area contributed by atoms with E-state index in [4.69, 9.17) is 16.7 Å². The van der Waals surface area contributed by atoms with Crippen molar-refractivity contribution < 1.29 is 9.90 Å². The molecule has 0 radical (unpaired) electrons. The van der Waals surface area contributed by atoms with Crippen molar-refractivity contribution in [3.63, 3.8) is 0 Å². The van der Waals surface area contributed by atoms with Gasteiger partial charge in [0, 0.05) is 10.4 Å². The highest BCUT2D eigenvalue weighted by atomic mass is 35.5. The molecule has 2 aromatic rings. The Morgan fingerprint density at radius 3 is 2.94 bits per heavy atom. The lowest BCUT2D eigenvalue weighted by Gasteiger charge is -2.11. The number of nitrogens with zero attached hydrogens (tertiary/aromatic N) is 2. The van der Waals surface area contributed by atoms with Gasteiger partial charge >= 0.3 is 5.97 Å². The predicted octanol–water partition coefficient (Wildman–Crippen LogP) is 2.17. The number of nitrogens with one attached hydrogen (secondary N) is 1. The first-order valence-electron chi connectivity index (χ1n) is 4.97. The maximum absolute atomic E-state index is 10.8. The van der Waals surface area contributed by atoms with Crippen LogP contribution in [0.25, 0.3) is 10.9 Å². The van der Waals surface area contributed by atoms with Crippen LogP contribution in [0, 0.1) is 0 Å². The molecular weight excluding hydrogens is 242 g/mol. The molecule has 0 aliphatic heterocycles. The van der Waals surface area contributed by atoms with Gasteiger partial charge in [-0.1, -0.05) is 11.6 Å². The summed E-state index contributed by atoms with van der Waals surface area (Å²) in [5.41, 5.74) is 0.674. The molecule has 0 saturated carbocycles. The van der Waals surface area contributed by atoms with Crippen molar-refractivity contribution in [2.75, 3.05) is 5.32 Å². The number of benzene rings is 1. The van der Waals surface area contributed by atoms with Crippen LogP contribution in [0.1, 0.15) is 6.92 Å². The third-order valence-electron chi connectivity index (χ3n) is 2.32. The van der Waals surface area contributed by atoms with Gasteiger partial charge in [-0.2, -0.15) is 0 Å². The summed E-state index contributed by atoms with van der Waals surface area (Å²) in [5.74, 6) is -0.452. The van der Waals surface area contributed by atoms with E-state index in [1.807, 2.05) is 0 Å². The average molecular weight is 252 g/mol. The standard InChI is InChI=1S/C11H10ClN3O2/c1-6(11(16)17)15-10-8-3-2-7(12)4-9(8)13-5-14-10/h2-6H,1H3,(H,16,17)(H,13,14,15). The van der Waals surface area contributed by atoms with E-state index < -0.39 is 12.0 Å². The summed E-state index contributed by atoms with van der Waals surface area (Å²) in [6.07, 6.45) is 1.37. The number of hydrogen-bond donors (Lipinski definition) is 2. The monoisotopic (exact) mass is 251 g/mol. The van der Waals surface area contributed by atoms with Crippen LogP contribution in [0.3, 0.4) is 0 Å². The van der Waals surface area contributed by atoms with Crippen LogP contribution in [-0.4, -0.2) is 27.1 Å². The predicted molar refractivity (Wildman–Crippen MR) is 65.3 cm³/mol. The van der Waals surface area contributed by atoms with Crippen LogP contribution >= 0.6 is 11.6 Å². The molecule has 1 aromatic heterocycles. The Hall–Kier alpha value is -1.88. The number of rotatable bonds is 3. The van der Waals surface area contributed by atoms with Gasteiger partial charge in [-0.3, -0.25) is 4.79 Å². The summed E-state index contributed by atoms with van der Waals surface area (Å²) in [6, 6.07) is 4.46. The van der Waals surface area contributed by atoms with E-state index in [9.17, 15) is 4.79 Å². The molecule has 0 spiro atoms. The fourth-order valence-electron chi connectivity index (χ4n) is 1.41. The van der Waals surface area contributed by atoms with E-state index in [2.05, 4.69) is 15.3 Å². The van der Waals surface area contributed by atoms with Gasteiger partial charge in [-0.15, -0.1) is 0 Å². The van der Waals surface area contributed by atoms with Crippen molar-refractivity contribution in [2.24, 2.45) is 0 Å². The average Bonchev–Trinajstić information content (AvgIpc) is 2.28. The maximum atomic E-state index is 10.8. The Balaban J connectivity index is 2.44. The molecule has 0 aliphatic carbocycles. The second-order valence-electron chi connectivity index (χ2n) is 3.59. The minimum atomic E-state index is -0.939. The summed E-state index contributed by atoms with van der Waals surface area (Å²) in [7, 11) is 0. The fraction of sp³-hybridized carbons (Fsp3) is 0.182. The molecule has 0 saturated heterocycles. The highest BCUT2D eigenvalue weighted by Crippen LogP contribution is 2.22. The second kappa shape index (κ2) is 4.55. The minimum absolute atomic E-state index is 0.488. The van der Waals surface area contributed by atoms with Crippen LogP contribution in [0.2, 0.25) is 5.02 Å². The molecule has 88 valence electrons. The zero-order valence-electron chi connectivity index (χ0n) is 9.01. The Bertz CT molecular complexity index is 574. The molecule has 5 nitrogen and oxygen atoms in total. The van der Waals surface area contributed by atoms with Gasteiger partial charge in [-0.25, -0.2) is 9.97 Å². The molecule has 17 heavy (non-hydrogen) atoms. The van der Waals surface area contributed by atoms with Crippen molar-refractivity contribution in [3.05, 3.63) is 29.5 Å². The number of carboxylic acid groups (broad SMARTS) is 1. The summed E-state index contributed by atoms with van der Waals surface area (Å²) in [5, 5.41) is 13.0. The Labute approximate surface area is 102 Å². The molecule has 0 fully saturated rings. The number of aliphatic carboxylic acids is 1.